The molecule has 2 fully saturated rings. The van der Waals surface area contributed by atoms with E-state index in [1.165, 1.54) is 0 Å². The Balaban J connectivity index is 1.54. The van der Waals surface area contributed by atoms with Gasteiger partial charge in [0.2, 0.25) is 0 Å². The van der Waals surface area contributed by atoms with E-state index in [1.807, 2.05) is 11.6 Å². The van der Waals surface area contributed by atoms with Gasteiger partial charge >= 0.3 is 5.97 Å². The predicted octanol–water partition coefficient (Wildman–Crippen LogP) is 2.35. The molecule has 8 heteroatoms. The average molecular weight is 447 g/mol. The second-order valence-corrected chi connectivity index (χ2v) is 10.3. The highest BCUT2D eigenvalue weighted by molar-refractivity contribution is 5.94. The lowest BCUT2D eigenvalue weighted by atomic mass is 9.75. The first-order valence-electron chi connectivity index (χ1n) is 12.2. The van der Waals surface area contributed by atoms with E-state index in [0.29, 0.717) is 25.4 Å². The van der Waals surface area contributed by atoms with E-state index in [-0.39, 0.29) is 23.3 Å². The Bertz CT molecular complexity index is 845. The number of aromatic nitrogens is 2. The Kier molecular flexibility index (Phi) is 6.91. The minimum atomic E-state index is -0.671. The summed E-state index contributed by atoms with van der Waals surface area (Å²) in [4.78, 5) is 26.8. The smallest absolute Gasteiger partial charge is 0.306 e. The van der Waals surface area contributed by atoms with E-state index < -0.39 is 5.97 Å². The number of amides is 1. The van der Waals surface area contributed by atoms with Crippen LogP contribution in [0.3, 0.4) is 0 Å². The molecule has 3 aliphatic rings. The summed E-state index contributed by atoms with van der Waals surface area (Å²) in [5.41, 5.74) is 2.96. The van der Waals surface area contributed by atoms with Crippen molar-refractivity contribution in [3.63, 3.8) is 0 Å². The maximum atomic E-state index is 13.0. The summed E-state index contributed by atoms with van der Waals surface area (Å²) in [6, 6.07) is 0.275. The van der Waals surface area contributed by atoms with Gasteiger partial charge in [0.1, 0.15) is 5.69 Å². The van der Waals surface area contributed by atoms with Gasteiger partial charge in [-0.1, -0.05) is 6.92 Å². The number of nitrogens with one attached hydrogen (secondary N) is 1. The maximum Gasteiger partial charge on any atom is 0.306 e. The van der Waals surface area contributed by atoms with Crippen LogP contribution in [0.15, 0.2) is 0 Å². The Morgan fingerprint density at radius 1 is 1.38 bits per heavy atom. The van der Waals surface area contributed by atoms with Gasteiger partial charge in [-0.2, -0.15) is 5.10 Å². The first-order chi connectivity index (χ1) is 15.3. The molecule has 4 rings (SSSR count). The van der Waals surface area contributed by atoms with Crippen LogP contribution in [0.1, 0.15) is 67.7 Å². The molecule has 3 atom stereocenters. The zero-order valence-electron chi connectivity index (χ0n) is 19.7. The molecule has 0 saturated carbocycles. The van der Waals surface area contributed by atoms with Gasteiger partial charge in [-0.3, -0.25) is 14.3 Å². The molecule has 3 aliphatic heterocycles. The lowest BCUT2D eigenvalue weighted by Crippen LogP contribution is -2.42. The van der Waals surface area contributed by atoms with Crippen LogP contribution in [0.4, 0.5) is 0 Å². The topological polar surface area (TPSA) is 96.7 Å². The van der Waals surface area contributed by atoms with Gasteiger partial charge in [-0.15, -0.1) is 0 Å². The highest BCUT2D eigenvalue weighted by Gasteiger charge is 2.40. The zero-order chi connectivity index (χ0) is 22.9. The third-order valence-corrected chi connectivity index (χ3v) is 7.95. The third kappa shape index (κ3) is 4.71. The summed E-state index contributed by atoms with van der Waals surface area (Å²) in [6.45, 7) is 7.97. The summed E-state index contributed by atoms with van der Waals surface area (Å²) in [5, 5.41) is 17.5. The molecule has 4 heterocycles. The maximum absolute atomic E-state index is 13.0. The van der Waals surface area contributed by atoms with Crippen LogP contribution in [0, 0.1) is 17.3 Å². The van der Waals surface area contributed by atoms with Crippen LogP contribution in [0.2, 0.25) is 0 Å². The third-order valence-electron chi connectivity index (χ3n) is 7.95. The Morgan fingerprint density at radius 2 is 2.12 bits per heavy atom. The van der Waals surface area contributed by atoms with Crippen molar-refractivity contribution < 1.29 is 19.4 Å². The normalized spacial score (nSPS) is 26.9. The van der Waals surface area contributed by atoms with Gasteiger partial charge in [-0.25, -0.2) is 0 Å². The summed E-state index contributed by atoms with van der Waals surface area (Å²) in [6.07, 6.45) is 5.99. The van der Waals surface area contributed by atoms with Crippen molar-refractivity contribution in [2.45, 2.75) is 71.4 Å². The number of piperidine rings is 1. The van der Waals surface area contributed by atoms with E-state index in [4.69, 9.17) is 9.84 Å². The van der Waals surface area contributed by atoms with Crippen LogP contribution in [0.5, 0.6) is 0 Å². The first-order valence-corrected chi connectivity index (χ1v) is 12.2. The number of fused-ring (bicyclic) bond motifs is 1. The van der Waals surface area contributed by atoms with Gasteiger partial charge < -0.3 is 20.1 Å². The second kappa shape index (κ2) is 9.51. The number of carbonyl (C=O) groups excluding carboxylic acids is 1. The molecule has 178 valence electrons. The minimum Gasteiger partial charge on any atom is -0.481 e. The van der Waals surface area contributed by atoms with E-state index in [1.54, 1.807) is 0 Å². The number of hydrogen-bond acceptors (Lipinski definition) is 5. The summed E-state index contributed by atoms with van der Waals surface area (Å²) >= 11 is 0. The lowest BCUT2D eigenvalue weighted by Gasteiger charge is -2.37. The molecule has 8 nitrogen and oxygen atoms in total. The van der Waals surface area contributed by atoms with Gasteiger partial charge in [-0.05, 0) is 76.8 Å². The van der Waals surface area contributed by atoms with Crippen LogP contribution in [0.25, 0.3) is 0 Å². The van der Waals surface area contributed by atoms with Crippen LogP contribution >= 0.6 is 0 Å². The quantitative estimate of drug-likeness (QED) is 0.696. The fourth-order valence-corrected chi connectivity index (χ4v) is 5.87. The average Bonchev–Trinajstić information content (AvgIpc) is 3.03. The van der Waals surface area contributed by atoms with Gasteiger partial charge in [0.05, 0.1) is 11.6 Å². The Morgan fingerprint density at radius 3 is 2.81 bits per heavy atom. The Labute approximate surface area is 190 Å². The molecular weight excluding hydrogens is 408 g/mol. The molecule has 2 N–H and O–H groups in total. The fraction of sp³-hybridized carbons (Fsp3) is 0.792. The van der Waals surface area contributed by atoms with Crippen molar-refractivity contribution in [1.29, 1.82) is 0 Å². The van der Waals surface area contributed by atoms with Crippen LogP contribution in [-0.4, -0.2) is 71.1 Å². The molecule has 0 bridgehead atoms. The van der Waals surface area contributed by atoms with Crippen molar-refractivity contribution in [2.75, 3.05) is 33.4 Å². The molecule has 2 unspecified atom stereocenters. The van der Waals surface area contributed by atoms with Crippen LogP contribution in [-0.2, 0) is 28.9 Å². The van der Waals surface area contributed by atoms with E-state index >= 15 is 0 Å². The van der Waals surface area contributed by atoms with Crippen LogP contribution < -0.4 is 5.32 Å². The predicted molar refractivity (Wildman–Crippen MR) is 121 cm³/mol. The molecule has 0 aliphatic carbocycles. The number of likely N-dealkylation sites (tertiary alicyclic amines) is 1. The van der Waals surface area contributed by atoms with E-state index in [0.717, 1.165) is 75.2 Å². The molecule has 2 saturated heterocycles. The monoisotopic (exact) mass is 446 g/mol. The Hall–Kier alpha value is -1.93. The number of ether oxygens (including phenoxy) is 1. The molecule has 0 radical (unpaired) electrons. The minimum absolute atomic E-state index is 0.00654. The summed E-state index contributed by atoms with van der Waals surface area (Å²) in [7, 11) is 2.10. The number of aliphatic carboxylic acids is 1. The van der Waals surface area contributed by atoms with Gasteiger partial charge in [0.15, 0.2) is 0 Å². The van der Waals surface area contributed by atoms with Crippen molar-refractivity contribution >= 4 is 11.9 Å². The molecule has 1 aromatic heterocycles. The van der Waals surface area contributed by atoms with E-state index in [2.05, 4.69) is 24.2 Å². The van der Waals surface area contributed by atoms with Crippen molar-refractivity contribution in [3.05, 3.63) is 17.0 Å². The number of carboxylic acid groups (broad SMARTS) is 1. The largest absolute Gasteiger partial charge is 0.481 e. The van der Waals surface area contributed by atoms with Crippen molar-refractivity contribution in [1.82, 2.24) is 20.0 Å². The summed E-state index contributed by atoms with van der Waals surface area (Å²) in [5.74, 6) is -0.559. The highest BCUT2D eigenvalue weighted by Crippen LogP contribution is 2.38. The first kappa shape index (κ1) is 23.2. The van der Waals surface area contributed by atoms with E-state index in [9.17, 15) is 14.7 Å². The molecular formula is C24H38N4O4. The molecule has 1 aromatic rings. The molecule has 1 spiro atoms. The molecule has 32 heavy (non-hydrogen) atoms. The number of rotatable bonds is 6. The SMILES string of the molecule is CCn1nc(C[C@H](C)CC2CC(C(=O)O)CCN2C)c2c1C(=O)NCC1(CCOCC1)C2. The van der Waals surface area contributed by atoms with Gasteiger partial charge in [0, 0.05) is 37.9 Å². The van der Waals surface area contributed by atoms with Gasteiger partial charge in [0.25, 0.3) is 5.91 Å². The number of aryl methyl sites for hydroxylation is 1. The number of carboxylic acids is 1. The highest BCUT2D eigenvalue weighted by atomic mass is 16.5. The number of nitrogens with zero attached hydrogens (tertiary/aromatic N) is 3. The molecule has 0 aromatic carbocycles. The zero-order valence-corrected chi connectivity index (χ0v) is 19.7. The standard InChI is InChI=1S/C24H38N4O4/c1-4-28-21-19(14-24(15-25-22(21)29)6-9-32-10-7-24)20(26-28)12-16(2)11-18-13-17(23(30)31)5-8-27(18)3/h16-18H,4-15H2,1-3H3,(H,25,29)(H,30,31)/t16-,17?,18?/m1/s1. The number of hydrogen-bond donors (Lipinski definition) is 2. The second-order valence-electron chi connectivity index (χ2n) is 10.3. The lowest BCUT2D eigenvalue weighted by molar-refractivity contribution is -0.144. The fourth-order valence-electron chi connectivity index (χ4n) is 5.87. The molecule has 1 amide bonds. The van der Waals surface area contributed by atoms with Crippen molar-refractivity contribution in [2.24, 2.45) is 17.3 Å². The summed E-state index contributed by atoms with van der Waals surface area (Å²) < 4.78 is 7.49. The number of carbonyl (C=O) groups is 2. The van der Waals surface area contributed by atoms with Crippen molar-refractivity contribution in [3.8, 4) is 0 Å².